The molecule has 0 radical (unpaired) electrons. The van der Waals surface area contributed by atoms with E-state index in [-0.39, 0.29) is 24.4 Å². The number of rotatable bonds is 6. The number of nitrogens with zero attached hydrogens (tertiary/aromatic N) is 1. The van der Waals surface area contributed by atoms with Gasteiger partial charge in [0.2, 0.25) is 11.8 Å². The van der Waals surface area contributed by atoms with E-state index in [1.165, 1.54) is 0 Å². The lowest BCUT2D eigenvalue weighted by atomic mass is 10.0. The van der Waals surface area contributed by atoms with Crippen molar-refractivity contribution < 1.29 is 19.1 Å². The van der Waals surface area contributed by atoms with Crippen LogP contribution < -0.4 is 10.6 Å². The van der Waals surface area contributed by atoms with E-state index in [0.29, 0.717) is 43.8 Å². The first-order chi connectivity index (χ1) is 13.6. The van der Waals surface area contributed by atoms with E-state index in [1.54, 1.807) is 25.7 Å². The van der Waals surface area contributed by atoms with Crippen LogP contribution in [0.1, 0.15) is 45.6 Å². The Bertz CT molecular complexity index is 708. The maximum Gasteiger partial charge on any atom is 0.408 e. The van der Waals surface area contributed by atoms with Crippen LogP contribution in [0.5, 0.6) is 0 Å². The van der Waals surface area contributed by atoms with Crippen LogP contribution in [-0.4, -0.2) is 54.1 Å². The van der Waals surface area contributed by atoms with E-state index >= 15 is 0 Å². The number of hydrogen-bond acceptors (Lipinski definition) is 4. The molecule has 0 bridgehead atoms. The first-order valence-corrected chi connectivity index (χ1v) is 10.3. The Balaban J connectivity index is 1.65. The Morgan fingerprint density at radius 3 is 2.34 bits per heavy atom. The average Bonchev–Trinajstić information content (AvgIpc) is 2.65. The maximum absolute atomic E-state index is 12.2. The number of halogens is 1. The molecule has 8 heteroatoms. The zero-order chi connectivity index (χ0) is 21.4. The van der Waals surface area contributed by atoms with Crippen molar-refractivity contribution in [3.63, 3.8) is 0 Å². The number of carbonyl (C=O) groups is 3. The van der Waals surface area contributed by atoms with Gasteiger partial charge in [0.15, 0.2) is 0 Å². The van der Waals surface area contributed by atoms with Crippen LogP contribution in [0.2, 0.25) is 5.02 Å². The van der Waals surface area contributed by atoms with Gasteiger partial charge in [-0.3, -0.25) is 9.59 Å². The van der Waals surface area contributed by atoms with E-state index in [4.69, 9.17) is 16.3 Å². The van der Waals surface area contributed by atoms with Gasteiger partial charge in [0.1, 0.15) is 12.1 Å². The highest BCUT2D eigenvalue weighted by Crippen LogP contribution is 2.13. The second kappa shape index (κ2) is 10.5. The van der Waals surface area contributed by atoms with Crippen molar-refractivity contribution in [1.82, 2.24) is 15.5 Å². The molecular formula is C21H30ClN3O4. The molecule has 1 aliphatic heterocycles. The minimum atomic E-state index is -0.603. The molecule has 1 aliphatic rings. The van der Waals surface area contributed by atoms with Gasteiger partial charge in [-0.15, -0.1) is 0 Å². The van der Waals surface area contributed by atoms with Crippen molar-refractivity contribution in [2.24, 2.45) is 0 Å². The summed E-state index contributed by atoms with van der Waals surface area (Å²) in [7, 11) is 0. The van der Waals surface area contributed by atoms with E-state index in [0.717, 1.165) is 5.56 Å². The summed E-state index contributed by atoms with van der Waals surface area (Å²) in [6.07, 6.45) is 1.88. The SMILES string of the molecule is CC(C)(C)OC(=O)NCC(=O)N1CCC(NC(=O)CCc2ccc(Cl)cc2)CC1. The number of alkyl carbamates (subject to hydrolysis) is 1. The number of carbonyl (C=O) groups excluding carboxylic acids is 3. The van der Waals surface area contributed by atoms with Gasteiger partial charge in [-0.05, 0) is 57.7 Å². The van der Waals surface area contributed by atoms with E-state index in [2.05, 4.69) is 10.6 Å². The minimum absolute atomic E-state index is 0.0105. The third-order valence-electron chi connectivity index (χ3n) is 4.55. The summed E-state index contributed by atoms with van der Waals surface area (Å²) < 4.78 is 5.12. The lowest BCUT2D eigenvalue weighted by molar-refractivity contribution is -0.131. The fraction of sp³-hybridized carbons (Fsp3) is 0.571. The smallest absolute Gasteiger partial charge is 0.408 e. The Morgan fingerprint density at radius 2 is 1.76 bits per heavy atom. The third kappa shape index (κ3) is 8.73. The van der Waals surface area contributed by atoms with Gasteiger partial charge in [-0.25, -0.2) is 4.79 Å². The molecule has 0 aliphatic carbocycles. The molecular weight excluding hydrogens is 394 g/mol. The molecule has 0 spiro atoms. The number of ether oxygens (including phenoxy) is 1. The molecule has 1 aromatic carbocycles. The van der Waals surface area contributed by atoms with Gasteiger partial charge >= 0.3 is 6.09 Å². The second-order valence-electron chi connectivity index (χ2n) is 8.20. The van der Waals surface area contributed by atoms with E-state index in [1.807, 2.05) is 24.3 Å². The number of hydrogen-bond donors (Lipinski definition) is 2. The van der Waals surface area contributed by atoms with Crippen molar-refractivity contribution in [3.8, 4) is 0 Å². The summed E-state index contributed by atoms with van der Waals surface area (Å²) in [4.78, 5) is 37.8. The Hall–Kier alpha value is -2.28. The third-order valence-corrected chi connectivity index (χ3v) is 4.80. The largest absolute Gasteiger partial charge is 0.444 e. The van der Waals surface area contributed by atoms with Crippen LogP contribution in [0.4, 0.5) is 4.79 Å². The van der Waals surface area contributed by atoms with Crippen LogP contribution in [0.25, 0.3) is 0 Å². The zero-order valence-electron chi connectivity index (χ0n) is 17.3. The zero-order valence-corrected chi connectivity index (χ0v) is 18.1. The molecule has 0 unspecified atom stereocenters. The first-order valence-electron chi connectivity index (χ1n) is 9.91. The van der Waals surface area contributed by atoms with Crippen LogP contribution in [0, 0.1) is 0 Å². The number of likely N-dealkylation sites (tertiary alicyclic amines) is 1. The topological polar surface area (TPSA) is 87.7 Å². The number of benzene rings is 1. The molecule has 1 fully saturated rings. The van der Waals surface area contributed by atoms with Gasteiger partial charge in [0.05, 0.1) is 0 Å². The standard InChI is InChI=1S/C21H30ClN3O4/c1-21(2,3)29-20(28)23-14-19(27)25-12-10-17(11-13-25)24-18(26)9-6-15-4-7-16(22)8-5-15/h4-5,7-8,17H,6,9-14H2,1-3H3,(H,23,28)(H,24,26). The summed E-state index contributed by atoms with van der Waals surface area (Å²) in [5, 5.41) is 6.21. The Morgan fingerprint density at radius 1 is 1.14 bits per heavy atom. The molecule has 160 valence electrons. The van der Waals surface area contributed by atoms with Crippen molar-refractivity contribution in [3.05, 3.63) is 34.9 Å². The van der Waals surface area contributed by atoms with Gasteiger partial charge < -0.3 is 20.3 Å². The van der Waals surface area contributed by atoms with E-state index in [9.17, 15) is 14.4 Å². The Labute approximate surface area is 177 Å². The van der Waals surface area contributed by atoms with Gasteiger partial charge in [0, 0.05) is 30.6 Å². The van der Waals surface area contributed by atoms with Crippen molar-refractivity contribution in [1.29, 1.82) is 0 Å². The van der Waals surface area contributed by atoms with Crippen molar-refractivity contribution in [2.75, 3.05) is 19.6 Å². The van der Waals surface area contributed by atoms with Crippen LogP contribution in [0.3, 0.4) is 0 Å². The fourth-order valence-electron chi connectivity index (χ4n) is 3.06. The quantitative estimate of drug-likeness (QED) is 0.736. The highest BCUT2D eigenvalue weighted by atomic mass is 35.5. The number of aryl methyl sites for hydroxylation is 1. The van der Waals surface area contributed by atoms with Crippen LogP contribution >= 0.6 is 11.6 Å². The number of nitrogens with one attached hydrogen (secondary N) is 2. The van der Waals surface area contributed by atoms with Crippen LogP contribution in [-0.2, 0) is 20.7 Å². The van der Waals surface area contributed by atoms with E-state index < -0.39 is 11.7 Å². The second-order valence-corrected chi connectivity index (χ2v) is 8.64. The molecule has 1 saturated heterocycles. The number of piperidine rings is 1. The summed E-state index contributed by atoms with van der Waals surface area (Å²) >= 11 is 5.86. The monoisotopic (exact) mass is 423 g/mol. The highest BCUT2D eigenvalue weighted by Gasteiger charge is 2.24. The molecule has 0 aromatic heterocycles. The molecule has 0 atom stereocenters. The summed E-state index contributed by atoms with van der Waals surface area (Å²) in [5.74, 6) is -0.139. The van der Waals surface area contributed by atoms with Crippen molar-refractivity contribution >= 4 is 29.5 Å². The number of amides is 3. The minimum Gasteiger partial charge on any atom is -0.444 e. The predicted molar refractivity (Wildman–Crippen MR) is 112 cm³/mol. The summed E-state index contributed by atoms with van der Waals surface area (Å²) in [6, 6.07) is 7.55. The fourth-order valence-corrected chi connectivity index (χ4v) is 3.18. The molecule has 29 heavy (non-hydrogen) atoms. The molecule has 1 heterocycles. The lowest BCUT2D eigenvalue weighted by Crippen LogP contribution is -2.49. The molecule has 0 saturated carbocycles. The molecule has 2 N–H and O–H groups in total. The molecule has 3 amide bonds. The molecule has 7 nitrogen and oxygen atoms in total. The maximum atomic E-state index is 12.2. The normalized spacial score (nSPS) is 15.0. The van der Waals surface area contributed by atoms with Gasteiger partial charge in [-0.1, -0.05) is 23.7 Å². The summed E-state index contributed by atoms with van der Waals surface area (Å²) in [5.41, 5.74) is 0.472. The summed E-state index contributed by atoms with van der Waals surface area (Å²) in [6.45, 7) is 6.32. The van der Waals surface area contributed by atoms with Crippen LogP contribution in [0.15, 0.2) is 24.3 Å². The van der Waals surface area contributed by atoms with Crippen molar-refractivity contribution in [2.45, 2.75) is 58.1 Å². The predicted octanol–water partition coefficient (Wildman–Crippen LogP) is 2.90. The molecule has 1 aromatic rings. The first kappa shape index (κ1) is 23.0. The highest BCUT2D eigenvalue weighted by molar-refractivity contribution is 6.30. The average molecular weight is 424 g/mol. The van der Waals surface area contributed by atoms with Gasteiger partial charge in [0.25, 0.3) is 0 Å². The Kier molecular flexibility index (Phi) is 8.32. The molecule has 2 rings (SSSR count). The van der Waals surface area contributed by atoms with Gasteiger partial charge in [-0.2, -0.15) is 0 Å². The lowest BCUT2D eigenvalue weighted by Gasteiger charge is -2.32.